The van der Waals surface area contributed by atoms with Gasteiger partial charge < -0.3 is 31.3 Å². The summed E-state index contributed by atoms with van der Waals surface area (Å²) < 4.78 is 41.8. The van der Waals surface area contributed by atoms with Crippen molar-refractivity contribution < 1.29 is 32.7 Å². The van der Waals surface area contributed by atoms with Gasteiger partial charge in [0.1, 0.15) is 5.69 Å². The number of carboxylic acid groups (broad SMARTS) is 1. The predicted octanol–water partition coefficient (Wildman–Crippen LogP) is 3.58. The molecule has 0 unspecified atom stereocenters. The number of carbonyl (C=O) groups is 3. The minimum Gasteiger partial charge on any atom is -0.483 e. The van der Waals surface area contributed by atoms with Crippen molar-refractivity contribution in [3.8, 4) is 11.3 Å². The maximum atomic E-state index is 13.4. The number of fused-ring (bicyclic) bond motifs is 1. The molecule has 46 heavy (non-hydrogen) atoms. The second kappa shape index (κ2) is 13.6. The number of nitrogens with one attached hydrogen (secondary N) is 3. The molecule has 2 atom stereocenters. The Kier molecular flexibility index (Phi) is 9.62. The van der Waals surface area contributed by atoms with Gasteiger partial charge in [-0.2, -0.15) is 18.3 Å². The minimum atomic E-state index is -4.62. The molecule has 244 valence electrons. The van der Waals surface area contributed by atoms with Gasteiger partial charge in [-0.1, -0.05) is 11.6 Å². The summed E-state index contributed by atoms with van der Waals surface area (Å²) in [4.78, 5) is 46.1. The number of alkyl halides is 3. The number of nitrogens with two attached hydrogens (primary N) is 1. The van der Waals surface area contributed by atoms with Gasteiger partial charge in [0.25, 0.3) is 12.4 Å². The molecule has 2 aliphatic rings. The van der Waals surface area contributed by atoms with Crippen LogP contribution in [0.1, 0.15) is 35.3 Å². The summed E-state index contributed by atoms with van der Waals surface area (Å²) in [6.07, 6.45) is 3.26. The number of benzene rings is 1. The number of urea groups is 1. The van der Waals surface area contributed by atoms with Gasteiger partial charge in [-0.3, -0.25) is 19.1 Å². The van der Waals surface area contributed by atoms with Crippen LogP contribution in [-0.4, -0.2) is 96.1 Å². The van der Waals surface area contributed by atoms with Crippen LogP contribution in [0.25, 0.3) is 16.9 Å². The van der Waals surface area contributed by atoms with Crippen LogP contribution in [0, 0.1) is 0 Å². The first-order chi connectivity index (χ1) is 22.0. The Labute approximate surface area is 264 Å². The third kappa shape index (κ3) is 6.99. The summed E-state index contributed by atoms with van der Waals surface area (Å²) in [7, 11) is 0. The van der Waals surface area contributed by atoms with Crippen molar-refractivity contribution in [2.45, 2.75) is 37.5 Å². The molecule has 0 radical (unpaired) electrons. The largest absolute Gasteiger partial charge is 0.483 e. The van der Waals surface area contributed by atoms with Crippen molar-refractivity contribution in [2.75, 3.05) is 31.5 Å². The van der Waals surface area contributed by atoms with Crippen LogP contribution in [0.5, 0.6) is 0 Å². The van der Waals surface area contributed by atoms with E-state index in [1.165, 1.54) is 23.0 Å². The van der Waals surface area contributed by atoms with Gasteiger partial charge in [-0.15, -0.1) is 0 Å². The Hall–Kier alpha value is -4.90. The van der Waals surface area contributed by atoms with E-state index in [-0.39, 0.29) is 58.2 Å². The highest BCUT2D eigenvalue weighted by Gasteiger charge is 2.37. The number of nitrogens with zero attached hydrogens (tertiary/aromatic N) is 6. The van der Waals surface area contributed by atoms with Crippen LogP contribution in [0.4, 0.5) is 29.5 Å². The predicted molar refractivity (Wildman–Crippen MR) is 161 cm³/mol. The molecule has 3 aromatic heterocycles. The third-order valence-corrected chi connectivity index (χ3v) is 8.06. The minimum absolute atomic E-state index is 0.0875. The van der Waals surface area contributed by atoms with Crippen LogP contribution in [0.15, 0.2) is 43.0 Å². The van der Waals surface area contributed by atoms with Crippen LogP contribution < -0.4 is 16.4 Å². The quantitative estimate of drug-likeness (QED) is 0.199. The van der Waals surface area contributed by atoms with Gasteiger partial charge in [0.2, 0.25) is 0 Å². The lowest BCUT2D eigenvalue weighted by Gasteiger charge is -2.35. The second-order valence-electron chi connectivity index (χ2n) is 10.7. The number of amides is 3. The smallest absolute Gasteiger partial charge is 0.433 e. The molecule has 1 aliphatic heterocycles. The molecule has 2 fully saturated rings. The van der Waals surface area contributed by atoms with Gasteiger partial charge >= 0.3 is 12.2 Å². The number of halogens is 4. The molecular weight excluding hydrogens is 633 g/mol. The van der Waals surface area contributed by atoms with Crippen molar-refractivity contribution in [2.24, 2.45) is 5.73 Å². The molecule has 0 spiro atoms. The molecule has 1 aliphatic carbocycles. The fraction of sp³-hybridized carbons (Fsp3) is 0.357. The number of rotatable bonds is 5. The first kappa shape index (κ1) is 32.5. The normalized spacial score (nSPS) is 18.2. The maximum absolute atomic E-state index is 13.4. The number of H-pyrrole nitrogens is 1. The molecule has 1 aromatic carbocycles. The lowest BCUT2D eigenvalue weighted by atomic mass is 10.1. The second-order valence-corrected chi connectivity index (χ2v) is 11.1. The Balaban J connectivity index is 0.00000134. The molecule has 0 bridgehead atoms. The highest BCUT2D eigenvalue weighted by atomic mass is 35.5. The average molecular weight is 663 g/mol. The maximum Gasteiger partial charge on any atom is 0.433 e. The van der Waals surface area contributed by atoms with Gasteiger partial charge in [0, 0.05) is 56.3 Å². The van der Waals surface area contributed by atoms with Crippen molar-refractivity contribution in [3.05, 3.63) is 59.3 Å². The Morgan fingerprint density at radius 2 is 1.83 bits per heavy atom. The monoisotopic (exact) mass is 662 g/mol. The zero-order valence-electron chi connectivity index (χ0n) is 24.2. The van der Waals surface area contributed by atoms with Crippen molar-refractivity contribution >= 4 is 47.2 Å². The Morgan fingerprint density at radius 3 is 2.48 bits per heavy atom. The molecule has 4 heterocycles. The van der Waals surface area contributed by atoms with E-state index in [0.29, 0.717) is 37.4 Å². The summed E-state index contributed by atoms with van der Waals surface area (Å²) >= 11 is 6.52. The van der Waals surface area contributed by atoms with E-state index in [0.717, 1.165) is 25.5 Å². The number of aromatic nitrogens is 5. The number of hydrogen-bond donors (Lipinski definition) is 5. The van der Waals surface area contributed by atoms with Gasteiger partial charge in [0.15, 0.2) is 11.5 Å². The number of aromatic amines is 1. The highest BCUT2D eigenvalue weighted by molar-refractivity contribution is 6.34. The van der Waals surface area contributed by atoms with Crippen LogP contribution in [-0.2, 0) is 11.0 Å². The molecule has 3 amide bonds. The Morgan fingerprint density at radius 1 is 1.11 bits per heavy atom. The summed E-state index contributed by atoms with van der Waals surface area (Å²) in [5, 5.41) is 18.8. The SMILES string of the molecule is N[C@H]1CC[C@H](NC(=O)N2CCN(C(=O)c3ccc(Nc4nccn5c(-c6cn[nH]c6C(F)(F)F)cnc45)cc3Cl)CC2)C1.O=CO. The topological polar surface area (TPSA) is 187 Å². The molecule has 1 saturated heterocycles. The molecule has 6 rings (SSSR count). The number of hydrogen-bond acceptors (Lipinski definition) is 8. The summed E-state index contributed by atoms with van der Waals surface area (Å²) in [6.45, 7) is 1.29. The van der Waals surface area contributed by atoms with Gasteiger partial charge in [-0.05, 0) is 37.5 Å². The number of carbonyl (C=O) groups excluding carboxylic acids is 2. The summed E-state index contributed by atoms with van der Waals surface area (Å²) in [5.74, 6) is 0.0204. The third-order valence-electron chi connectivity index (χ3n) is 7.74. The number of piperazine rings is 1. The standard InChI is InChI=1S/C27H28ClF3N10O2.CH2O2/c28-20-12-17(36-23-24-34-14-21(41(24)6-5-33-23)19-13-35-38-22(19)27(29,30)31)3-4-18(20)25(42)39-7-9-40(10-8-39)26(43)37-16-2-1-15(32)11-16;2-1-3/h3-6,12-16H,1-2,7-11,32H2,(H,33,36)(H,35,38)(H,37,43);1H,(H,2,3)/t15-,16-;/m0./s1. The summed E-state index contributed by atoms with van der Waals surface area (Å²) in [6, 6.07) is 4.88. The average Bonchev–Trinajstić information content (AvgIpc) is 3.77. The molecule has 18 heteroatoms. The van der Waals surface area contributed by atoms with Crippen LogP contribution in [0.2, 0.25) is 5.02 Å². The molecule has 6 N–H and O–H groups in total. The summed E-state index contributed by atoms with van der Waals surface area (Å²) in [5.41, 5.74) is 6.07. The zero-order valence-corrected chi connectivity index (χ0v) is 24.9. The van der Waals surface area contributed by atoms with Crippen LogP contribution >= 0.6 is 11.6 Å². The fourth-order valence-corrected chi connectivity index (χ4v) is 5.76. The lowest BCUT2D eigenvalue weighted by Crippen LogP contribution is -2.54. The van der Waals surface area contributed by atoms with E-state index in [9.17, 15) is 22.8 Å². The zero-order chi connectivity index (χ0) is 33.0. The van der Waals surface area contributed by atoms with E-state index in [4.69, 9.17) is 27.2 Å². The van der Waals surface area contributed by atoms with Crippen molar-refractivity contribution in [3.63, 3.8) is 0 Å². The van der Waals surface area contributed by atoms with Crippen LogP contribution in [0.3, 0.4) is 0 Å². The van der Waals surface area contributed by atoms with Gasteiger partial charge in [-0.25, -0.2) is 14.8 Å². The van der Waals surface area contributed by atoms with E-state index in [1.807, 2.05) is 5.10 Å². The Bertz CT molecular complexity index is 1720. The number of imidazole rings is 1. The number of anilines is 2. The van der Waals surface area contributed by atoms with E-state index in [2.05, 4.69) is 25.7 Å². The first-order valence-electron chi connectivity index (χ1n) is 14.2. The highest BCUT2D eigenvalue weighted by Crippen LogP contribution is 2.36. The fourth-order valence-electron chi connectivity index (χ4n) is 5.50. The first-order valence-corrected chi connectivity index (χ1v) is 14.6. The van der Waals surface area contributed by atoms with E-state index < -0.39 is 11.9 Å². The van der Waals surface area contributed by atoms with Crippen molar-refractivity contribution in [1.82, 2.24) is 39.7 Å². The van der Waals surface area contributed by atoms with Crippen molar-refractivity contribution in [1.29, 1.82) is 0 Å². The molecule has 14 nitrogen and oxygen atoms in total. The lowest BCUT2D eigenvalue weighted by molar-refractivity contribution is -0.140. The molecular formula is C28H30ClF3N10O4. The van der Waals surface area contributed by atoms with E-state index >= 15 is 0 Å². The molecule has 4 aromatic rings. The van der Waals surface area contributed by atoms with E-state index in [1.54, 1.807) is 28.0 Å². The molecule has 1 saturated carbocycles. The van der Waals surface area contributed by atoms with Gasteiger partial charge in [0.05, 0.1) is 34.2 Å².